The maximum atomic E-state index is 11.0. The van der Waals surface area contributed by atoms with Gasteiger partial charge in [0.1, 0.15) is 11.3 Å². The monoisotopic (exact) mass is 328 g/mol. The van der Waals surface area contributed by atoms with E-state index in [0.717, 1.165) is 57.0 Å². The lowest BCUT2D eigenvalue weighted by molar-refractivity contribution is 0.00597. The number of para-hydroxylation sites is 1. The van der Waals surface area contributed by atoms with Crippen molar-refractivity contribution in [2.75, 3.05) is 32.7 Å². The largest absolute Gasteiger partial charge is 0.459 e. The van der Waals surface area contributed by atoms with Crippen LogP contribution >= 0.6 is 0 Å². The van der Waals surface area contributed by atoms with Gasteiger partial charge in [-0.05, 0) is 50.9 Å². The van der Waals surface area contributed by atoms with Gasteiger partial charge in [0.25, 0.3) is 0 Å². The normalized spacial score (nSPS) is 26.4. The molecule has 24 heavy (non-hydrogen) atoms. The number of rotatable bonds is 4. The number of β-amino-alcohol motifs (C(OH)–C–C–N with tert-alkyl or cyclic N) is 1. The Morgan fingerprint density at radius 1 is 1.08 bits per heavy atom. The second-order valence-corrected chi connectivity index (χ2v) is 7.67. The molecular formula is C20H28N2O2. The molecule has 2 aromatic rings. The third-order valence-electron chi connectivity index (χ3n) is 5.69. The van der Waals surface area contributed by atoms with Gasteiger partial charge in [0.2, 0.25) is 0 Å². The molecule has 0 amide bonds. The van der Waals surface area contributed by atoms with E-state index in [1.807, 2.05) is 12.1 Å². The first-order chi connectivity index (χ1) is 11.6. The van der Waals surface area contributed by atoms with Crippen molar-refractivity contribution in [2.45, 2.75) is 44.8 Å². The lowest BCUT2D eigenvalue weighted by atomic mass is 10.0. The second-order valence-electron chi connectivity index (χ2n) is 7.67. The van der Waals surface area contributed by atoms with E-state index in [-0.39, 0.29) is 0 Å². The lowest BCUT2D eigenvalue weighted by Gasteiger charge is -2.33. The average molecular weight is 328 g/mol. The summed E-state index contributed by atoms with van der Waals surface area (Å²) in [6, 6.07) is 8.22. The highest BCUT2D eigenvalue weighted by Crippen LogP contribution is 2.29. The molecule has 1 aromatic heterocycles. The Kier molecular flexibility index (Phi) is 4.37. The van der Waals surface area contributed by atoms with Crippen molar-refractivity contribution >= 4 is 11.0 Å². The number of aliphatic hydroxyl groups is 1. The Balaban J connectivity index is 1.41. The van der Waals surface area contributed by atoms with Gasteiger partial charge in [0.05, 0.1) is 12.1 Å². The fourth-order valence-corrected chi connectivity index (χ4v) is 4.32. The average Bonchev–Trinajstić information content (AvgIpc) is 3.10. The van der Waals surface area contributed by atoms with Crippen LogP contribution in [-0.4, -0.2) is 53.2 Å². The fourth-order valence-electron chi connectivity index (χ4n) is 4.32. The maximum Gasteiger partial charge on any atom is 0.134 e. The van der Waals surface area contributed by atoms with E-state index >= 15 is 0 Å². The van der Waals surface area contributed by atoms with Gasteiger partial charge in [-0.2, -0.15) is 0 Å². The number of likely N-dealkylation sites (tertiary alicyclic amines) is 2. The van der Waals surface area contributed by atoms with Crippen LogP contribution in [0.2, 0.25) is 0 Å². The van der Waals surface area contributed by atoms with Crippen LogP contribution in [0.1, 0.15) is 37.0 Å². The summed E-state index contributed by atoms with van der Waals surface area (Å²) in [4.78, 5) is 4.79. The number of hydrogen-bond acceptors (Lipinski definition) is 4. The molecule has 1 atom stereocenters. The zero-order valence-corrected chi connectivity index (χ0v) is 14.6. The Morgan fingerprint density at radius 2 is 1.88 bits per heavy atom. The molecule has 0 unspecified atom stereocenters. The maximum absolute atomic E-state index is 11.0. The molecule has 2 aliphatic rings. The SMILES string of the molecule is Cc1c(CN2CC[C@](O)(CN3CCCCC3)C2)oc2ccccc12. The van der Waals surface area contributed by atoms with Gasteiger partial charge in [-0.25, -0.2) is 0 Å². The predicted octanol–water partition coefficient (Wildman–Crippen LogP) is 3.16. The van der Waals surface area contributed by atoms with Gasteiger partial charge in [-0.15, -0.1) is 0 Å². The molecule has 0 aliphatic carbocycles. The summed E-state index contributed by atoms with van der Waals surface area (Å²) in [7, 11) is 0. The van der Waals surface area contributed by atoms with Gasteiger partial charge in [-0.1, -0.05) is 24.6 Å². The minimum absolute atomic E-state index is 0.558. The summed E-state index contributed by atoms with van der Waals surface area (Å²) in [5.74, 6) is 1.04. The van der Waals surface area contributed by atoms with Gasteiger partial charge in [-0.3, -0.25) is 4.90 Å². The molecule has 4 nitrogen and oxygen atoms in total. The van der Waals surface area contributed by atoms with Crippen LogP contribution in [0.5, 0.6) is 0 Å². The molecule has 1 aromatic carbocycles. The Hall–Kier alpha value is -1.36. The van der Waals surface area contributed by atoms with E-state index in [4.69, 9.17) is 4.42 Å². The molecule has 0 bridgehead atoms. The van der Waals surface area contributed by atoms with E-state index < -0.39 is 5.60 Å². The van der Waals surface area contributed by atoms with Crippen LogP contribution in [0, 0.1) is 6.92 Å². The summed E-state index contributed by atoms with van der Waals surface area (Å²) >= 11 is 0. The van der Waals surface area contributed by atoms with Gasteiger partial charge < -0.3 is 14.4 Å². The lowest BCUT2D eigenvalue weighted by Crippen LogP contribution is -2.46. The molecule has 4 rings (SSSR count). The summed E-state index contributed by atoms with van der Waals surface area (Å²) in [6.07, 6.45) is 4.76. The Labute approximate surface area is 144 Å². The number of aryl methyl sites for hydroxylation is 1. The quantitative estimate of drug-likeness (QED) is 0.936. The van der Waals surface area contributed by atoms with Crippen molar-refractivity contribution in [2.24, 2.45) is 0 Å². The molecular weight excluding hydrogens is 300 g/mol. The number of hydrogen-bond donors (Lipinski definition) is 1. The molecule has 1 N–H and O–H groups in total. The van der Waals surface area contributed by atoms with Crippen molar-refractivity contribution < 1.29 is 9.52 Å². The Bertz CT molecular complexity index is 705. The van der Waals surface area contributed by atoms with E-state index in [0.29, 0.717) is 0 Å². The highest BCUT2D eigenvalue weighted by molar-refractivity contribution is 5.81. The van der Waals surface area contributed by atoms with Crippen molar-refractivity contribution in [3.63, 3.8) is 0 Å². The van der Waals surface area contributed by atoms with E-state index in [2.05, 4.69) is 28.9 Å². The molecule has 0 spiro atoms. The first-order valence-corrected chi connectivity index (χ1v) is 9.27. The minimum Gasteiger partial charge on any atom is -0.459 e. The molecule has 3 heterocycles. The topological polar surface area (TPSA) is 39.9 Å². The molecule has 2 fully saturated rings. The van der Waals surface area contributed by atoms with Crippen molar-refractivity contribution in [1.29, 1.82) is 0 Å². The summed E-state index contributed by atoms with van der Waals surface area (Å²) in [6.45, 7) is 7.74. The number of piperidine rings is 1. The summed E-state index contributed by atoms with van der Waals surface area (Å²) in [5, 5.41) is 12.2. The van der Waals surface area contributed by atoms with Crippen LogP contribution in [0.3, 0.4) is 0 Å². The van der Waals surface area contributed by atoms with E-state index in [1.54, 1.807) is 0 Å². The first kappa shape index (κ1) is 16.1. The van der Waals surface area contributed by atoms with Crippen LogP contribution < -0.4 is 0 Å². The highest BCUT2D eigenvalue weighted by atomic mass is 16.3. The number of furan rings is 1. The fraction of sp³-hybridized carbons (Fsp3) is 0.600. The smallest absolute Gasteiger partial charge is 0.134 e. The number of nitrogens with zero attached hydrogens (tertiary/aromatic N) is 2. The van der Waals surface area contributed by atoms with Crippen molar-refractivity contribution in [1.82, 2.24) is 9.80 Å². The predicted molar refractivity (Wildman–Crippen MR) is 96.1 cm³/mol. The standard InChI is InChI=1S/C20H28N2O2/c1-16-17-7-3-4-8-18(17)24-19(16)13-22-12-9-20(23,15-22)14-21-10-5-2-6-11-21/h3-4,7-8,23H,2,5-6,9-15H2,1H3/t20-/m0/s1. The van der Waals surface area contributed by atoms with Crippen molar-refractivity contribution in [3.8, 4) is 0 Å². The molecule has 130 valence electrons. The van der Waals surface area contributed by atoms with Crippen LogP contribution in [0.25, 0.3) is 11.0 Å². The molecule has 0 saturated carbocycles. The van der Waals surface area contributed by atoms with Gasteiger partial charge in [0, 0.05) is 25.0 Å². The molecule has 2 saturated heterocycles. The van der Waals surface area contributed by atoms with Crippen LogP contribution in [0.15, 0.2) is 28.7 Å². The summed E-state index contributed by atoms with van der Waals surface area (Å²) in [5.41, 5.74) is 1.64. The van der Waals surface area contributed by atoms with Gasteiger partial charge >= 0.3 is 0 Å². The van der Waals surface area contributed by atoms with E-state index in [9.17, 15) is 5.11 Å². The molecule has 4 heteroatoms. The molecule has 2 aliphatic heterocycles. The highest BCUT2D eigenvalue weighted by Gasteiger charge is 2.38. The minimum atomic E-state index is -0.558. The Morgan fingerprint density at radius 3 is 2.67 bits per heavy atom. The zero-order chi connectivity index (χ0) is 16.6. The number of benzene rings is 1. The van der Waals surface area contributed by atoms with Crippen LogP contribution in [-0.2, 0) is 6.54 Å². The van der Waals surface area contributed by atoms with E-state index in [1.165, 1.54) is 30.2 Å². The third-order valence-corrected chi connectivity index (χ3v) is 5.69. The third kappa shape index (κ3) is 3.23. The van der Waals surface area contributed by atoms with Crippen LogP contribution in [0.4, 0.5) is 0 Å². The number of fused-ring (bicyclic) bond motifs is 1. The zero-order valence-electron chi connectivity index (χ0n) is 14.6. The second kappa shape index (κ2) is 6.51. The first-order valence-electron chi connectivity index (χ1n) is 9.27. The van der Waals surface area contributed by atoms with Crippen molar-refractivity contribution in [3.05, 3.63) is 35.6 Å². The molecule has 0 radical (unpaired) electrons. The van der Waals surface area contributed by atoms with Gasteiger partial charge in [0.15, 0.2) is 0 Å². The summed E-state index contributed by atoms with van der Waals surface area (Å²) < 4.78 is 6.05.